The molecular weight excluding hydrogens is 364 g/mol. The molecule has 0 aliphatic carbocycles. The van der Waals surface area contributed by atoms with Gasteiger partial charge in [-0.1, -0.05) is 0 Å². The van der Waals surface area contributed by atoms with Crippen LogP contribution < -0.4 is 5.56 Å². The van der Waals surface area contributed by atoms with Crippen molar-refractivity contribution in [3.8, 4) is 0 Å². The monoisotopic (exact) mass is 388 g/mol. The van der Waals surface area contributed by atoms with Gasteiger partial charge in [0.05, 0.1) is 16.6 Å². The van der Waals surface area contributed by atoms with Crippen molar-refractivity contribution in [2.24, 2.45) is 0 Å². The van der Waals surface area contributed by atoms with Gasteiger partial charge in [0.2, 0.25) is 5.91 Å². The molecule has 8 heteroatoms. The number of amides is 2. The van der Waals surface area contributed by atoms with Crippen molar-refractivity contribution in [3.05, 3.63) is 27.1 Å². The van der Waals surface area contributed by atoms with Crippen LogP contribution in [0.1, 0.15) is 47.3 Å². The van der Waals surface area contributed by atoms with E-state index in [-0.39, 0.29) is 23.9 Å². The lowest BCUT2D eigenvalue weighted by atomic mass is 10.1. The van der Waals surface area contributed by atoms with Crippen molar-refractivity contribution < 1.29 is 9.59 Å². The summed E-state index contributed by atoms with van der Waals surface area (Å²) in [7, 11) is 0. The maximum Gasteiger partial charge on any atom is 0.264 e. The summed E-state index contributed by atoms with van der Waals surface area (Å²) in [4.78, 5) is 47.4. The van der Waals surface area contributed by atoms with Crippen LogP contribution >= 0.6 is 11.3 Å². The molecule has 0 aromatic carbocycles. The normalized spacial score (nSPS) is 17.7. The average Bonchev–Trinajstić information content (AvgIpc) is 3.33. The SMILES string of the molecule is Cc1c(C(=O)N2CCCC2)sc2ncn(CC(=O)N3CCCCC3)c(=O)c12. The number of rotatable bonds is 3. The Hall–Kier alpha value is -2.22. The first-order valence-corrected chi connectivity index (χ1v) is 10.4. The van der Waals surface area contributed by atoms with Crippen molar-refractivity contribution >= 4 is 33.4 Å². The van der Waals surface area contributed by atoms with Gasteiger partial charge in [-0.25, -0.2) is 4.98 Å². The molecule has 0 saturated carbocycles. The summed E-state index contributed by atoms with van der Waals surface area (Å²) in [6.07, 6.45) is 6.68. The van der Waals surface area contributed by atoms with E-state index >= 15 is 0 Å². The van der Waals surface area contributed by atoms with E-state index in [4.69, 9.17) is 0 Å². The largest absolute Gasteiger partial charge is 0.341 e. The third-order valence-corrected chi connectivity index (χ3v) is 6.71. The minimum Gasteiger partial charge on any atom is -0.341 e. The van der Waals surface area contributed by atoms with Crippen molar-refractivity contribution in [2.45, 2.75) is 45.6 Å². The Bertz CT molecular complexity index is 936. The van der Waals surface area contributed by atoms with E-state index < -0.39 is 0 Å². The van der Waals surface area contributed by atoms with Gasteiger partial charge in [-0.15, -0.1) is 11.3 Å². The molecule has 0 spiro atoms. The number of hydrogen-bond acceptors (Lipinski definition) is 5. The number of thiophene rings is 1. The van der Waals surface area contributed by atoms with E-state index in [1.165, 1.54) is 22.2 Å². The van der Waals surface area contributed by atoms with Crippen LogP contribution in [0, 0.1) is 6.92 Å². The fraction of sp³-hybridized carbons (Fsp3) is 0.579. The number of nitrogens with zero attached hydrogens (tertiary/aromatic N) is 4. The number of piperidine rings is 1. The standard InChI is InChI=1S/C19H24N4O3S/c1-13-15-17(27-16(13)19(26)22-9-5-6-10-22)20-12-23(18(15)25)11-14(24)21-7-3-2-4-8-21/h12H,2-11H2,1H3. The molecule has 2 aliphatic rings. The molecule has 7 nitrogen and oxygen atoms in total. The molecule has 2 aromatic heterocycles. The van der Waals surface area contributed by atoms with Gasteiger partial charge in [0.25, 0.3) is 11.5 Å². The summed E-state index contributed by atoms with van der Waals surface area (Å²) in [5, 5.41) is 0.469. The van der Waals surface area contributed by atoms with E-state index in [0.29, 0.717) is 20.7 Å². The number of aromatic nitrogens is 2. The minimum absolute atomic E-state index is 0.00641. The predicted octanol–water partition coefficient (Wildman–Crippen LogP) is 2.01. The molecule has 0 bridgehead atoms. The summed E-state index contributed by atoms with van der Waals surface area (Å²) in [5.74, 6) is -0.0532. The molecule has 0 radical (unpaired) electrons. The quantitative estimate of drug-likeness (QED) is 0.806. The number of fused-ring (bicyclic) bond motifs is 1. The lowest BCUT2D eigenvalue weighted by molar-refractivity contribution is -0.132. The van der Waals surface area contributed by atoms with E-state index in [1.807, 2.05) is 16.7 Å². The molecule has 144 valence electrons. The van der Waals surface area contributed by atoms with E-state index in [9.17, 15) is 14.4 Å². The van der Waals surface area contributed by atoms with Crippen LogP contribution in [0.25, 0.3) is 10.2 Å². The van der Waals surface area contributed by atoms with Gasteiger partial charge in [-0.05, 0) is 44.6 Å². The molecule has 0 N–H and O–H groups in total. The van der Waals surface area contributed by atoms with Crippen molar-refractivity contribution in [1.82, 2.24) is 19.4 Å². The molecule has 2 aromatic rings. The zero-order valence-electron chi connectivity index (χ0n) is 15.6. The third kappa shape index (κ3) is 3.38. The van der Waals surface area contributed by atoms with Gasteiger partial charge in [0.15, 0.2) is 0 Å². The highest BCUT2D eigenvalue weighted by atomic mass is 32.1. The summed E-state index contributed by atoms with van der Waals surface area (Å²) in [5.41, 5.74) is 0.448. The van der Waals surface area contributed by atoms with Gasteiger partial charge >= 0.3 is 0 Å². The Kier molecular flexibility index (Phi) is 4.99. The van der Waals surface area contributed by atoms with E-state index in [0.717, 1.165) is 58.3 Å². The Labute approximate surface area is 161 Å². The van der Waals surface area contributed by atoms with Crippen LogP contribution in [0.15, 0.2) is 11.1 Å². The number of likely N-dealkylation sites (tertiary alicyclic amines) is 2. The fourth-order valence-corrected chi connectivity index (χ4v) is 5.04. The van der Waals surface area contributed by atoms with Crippen LogP contribution in [0.2, 0.25) is 0 Å². The van der Waals surface area contributed by atoms with Crippen LogP contribution in [0.5, 0.6) is 0 Å². The molecule has 0 atom stereocenters. The topological polar surface area (TPSA) is 75.5 Å². The van der Waals surface area contributed by atoms with Gasteiger partial charge in [0, 0.05) is 26.2 Å². The van der Waals surface area contributed by atoms with E-state index in [2.05, 4.69) is 4.98 Å². The van der Waals surface area contributed by atoms with Crippen LogP contribution in [0.3, 0.4) is 0 Å². The minimum atomic E-state index is -0.236. The lowest BCUT2D eigenvalue weighted by Crippen LogP contribution is -2.39. The number of aryl methyl sites for hydroxylation is 1. The third-order valence-electron chi connectivity index (χ3n) is 5.52. The second-order valence-corrected chi connectivity index (χ2v) is 8.35. The first kappa shape index (κ1) is 18.2. The van der Waals surface area contributed by atoms with Crippen molar-refractivity contribution in [2.75, 3.05) is 26.2 Å². The van der Waals surface area contributed by atoms with Crippen molar-refractivity contribution in [3.63, 3.8) is 0 Å². The Morgan fingerprint density at radius 1 is 1.04 bits per heavy atom. The fourth-order valence-electron chi connectivity index (χ4n) is 3.93. The van der Waals surface area contributed by atoms with Crippen molar-refractivity contribution in [1.29, 1.82) is 0 Å². The Morgan fingerprint density at radius 2 is 1.67 bits per heavy atom. The maximum absolute atomic E-state index is 13.0. The molecule has 27 heavy (non-hydrogen) atoms. The molecule has 4 rings (SSSR count). The molecular formula is C19H24N4O3S. The Morgan fingerprint density at radius 3 is 2.37 bits per heavy atom. The molecule has 4 heterocycles. The summed E-state index contributed by atoms with van der Waals surface area (Å²) >= 11 is 1.28. The van der Waals surface area contributed by atoms with Crippen LogP contribution in [-0.4, -0.2) is 57.3 Å². The zero-order chi connectivity index (χ0) is 19.0. The highest BCUT2D eigenvalue weighted by Crippen LogP contribution is 2.29. The molecule has 2 fully saturated rings. The van der Waals surface area contributed by atoms with Gasteiger partial charge in [-0.2, -0.15) is 0 Å². The smallest absolute Gasteiger partial charge is 0.264 e. The van der Waals surface area contributed by atoms with Crippen LogP contribution in [-0.2, 0) is 11.3 Å². The van der Waals surface area contributed by atoms with Gasteiger partial charge in [-0.3, -0.25) is 19.0 Å². The number of hydrogen-bond donors (Lipinski definition) is 0. The maximum atomic E-state index is 13.0. The van der Waals surface area contributed by atoms with Gasteiger partial charge < -0.3 is 9.80 Å². The van der Waals surface area contributed by atoms with Gasteiger partial charge in [0.1, 0.15) is 11.4 Å². The highest BCUT2D eigenvalue weighted by molar-refractivity contribution is 7.20. The second-order valence-electron chi connectivity index (χ2n) is 7.35. The molecule has 2 aliphatic heterocycles. The Balaban J connectivity index is 1.63. The second kappa shape index (κ2) is 7.42. The summed E-state index contributed by atoms with van der Waals surface area (Å²) < 4.78 is 1.38. The number of carbonyl (C=O) groups excluding carboxylic acids is 2. The first-order chi connectivity index (χ1) is 13.1. The first-order valence-electron chi connectivity index (χ1n) is 9.62. The molecule has 2 amide bonds. The molecule has 0 unspecified atom stereocenters. The predicted molar refractivity (Wildman–Crippen MR) is 104 cm³/mol. The summed E-state index contributed by atoms with van der Waals surface area (Å²) in [6.45, 7) is 4.88. The lowest BCUT2D eigenvalue weighted by Gasteiger charge is -2.26. The van der Waals surface area contributed by atoms with E-state index in [1.54, 1.807) is 0 Å². The highest BCUT2D eigenvalue weighted by Gasteiger charge is 2.26. The van der Waals surface area contributed by atoms with Crippen LogP contribution in [0.4, 0.5) is 0 Å². The number of carbonyl (C=O) groups is 2. The average molecular weight is 388 g/mol. The zero-order valence-corrected chi connectivity index (χ0v) is 16.4. The summed E-state index contributed by atoms with van der Waals surface area (Å²) in [6, 6.07) is 0. The molecule has 2 saturated heterocycles.